The molecule has 1 aliphatic rings. The predicted octanol–water partition coefficient (Wildman–Crippen LogP) is 8.28. The summed E-state index contributed by atoms with van der Waals surface area (Å²) >= 11 is 0. The van der Waals surface area contributed by atoms with Crippen molar-refractivity contribution in [2.45, 2.75) is 0 Å². The number of pyridine rings is 2. The monoisotopic (exact) mass is 432 g/mol. The van der Waals surface area contributed by atoms with E-state index in [1.165, 1.54) is 44.2 Å². The van der Waals surface area contributed by atoms with E-state index in [1.54, 1.807) is 6.20 Å². The van der Waals surface area contributed by atoms with Gasteiger partial charge in [-0.2, -0.15) is 0 Å². The van der Waals surface area contributed by atoms with Gasteiger partial charge in [0.1, 0.15) is 0 Å². The van der Waals surface area contributed by atoms with Crippen LogP contribution >= 0.6 is 0 Å². The predicted molar refractivity (Wildman–Crippen MR) is 140 cm³/mol. The van der Waals surface area contributed by atoms with Crippen LogP contribution < -0.4 is 0 Å². The van der Waals surface area contributed by atoms with E-state index in [1.807, 2.05) is 30.3 Å². The van der Waals surface area contributed by atoms with Crippen molar-refractivity contribution in [1.82, 2.24) is 9.97 Å². The second-order valence-corrected chi connectivity index (χ2v) is 8.68. The highest BCUT2D eigenvalue weighted by Crippen LogP contribution is 2.48. The molecule has 0 radical (unpaired) electrons. The van der Waals surface area contributed by atoms with Crippen molar-refractivity contribution < 1.29 is 0 Å². The van der Waals surface area contributed by atoms with Gasteiger partial charge in [0.15, 0.2) is 0 Å². The number of hydrogen-bond acceptors (Lipinski definition) is 2. The number of nitrogens with zero attached hydrogens (tertiary/aromatic N) is 2. The Morgan fingerprint density at radius 1 is 0.412 bits per heavy atom. The zero-order valence-electron chi connectivity index (χ0n) is 18.4. The smallest absolute Gasteiger partial charge is 0.0893 e. The second-order valence-electron chi connectivity index (χ2n) is 8.68. The maximum atomic E-state index is 4.91. The lowest BCUT2D eigenvalue weighted by Crippen LogP contribution is -1.90. The fourth-order valence-corrected chi connectivity index (χ4v) is 5.09. The summed E-state index contributed by atoms with van der Waals surface area (Å²) < 4.78 is 0. The molecule has 0 saturated carbocycles. The largest absolute Gasteiger partial charge is 0.255 e. The topological polar surface area (TPSA) is 25.8 Å². The Balaban J connectivity index is 1.36. The fourth-order valence-electron chi connectivity index (χ4n) is 5.09. The molecule has 34 heavy (non-hydrogen) atoms. The number of fused-ring (bicyclic) bond motifs is 3. The summed E-state index contributed by atoms with van der Waals surface area (Å²) in [5.41, 5.74) is 11.5. The lowest BCUT2D eigenvalue weighted by atomic mass is 9.95. The molecule has 7 rings (SSSR count). The Kier molecular flexibility index (Phi) is 4.18. The van der Waals surface area contributed by atoms with Gasteiger partial charge in [0.25, 0.3) is 0 Å². The Labute approximate surface area is 198 Å². The van der Waals surface area contributed by atoms with E-state index in [0.29, 0.717) is 0 Å². The SMILES string of the molecule is c1ccc(-c2cccc(-c3cccc(-c4cc5c6c(cccc6c4)-c4ccccc4-5)c3)n2)nc1. The summed E-state index contributed by atoms with van der Waals surface area (Å²) in [5.74, 6) is 0. The van der Waals surface area contributed by atoms with E-state index < -0.39 is 0 Å². The Morgan fingerprint density at radius 3 is 2.00 bits per heavy atom. The highest BCUT2D eigenvalue weighted by Gasteiger charge is 2.21. The number of benzene rings is 4. The summed E-state index contributed by atoms with van der Waals surface area (Å²) in [6.07, 6.45) is 1.80. The minimum atomic E-state index is 0.881. The van der Waals surface area contributed by atoms with Crippen LogP contribution in [0, 0.1) is 0 Å². The first kappa shape index (κ1) is 19.0. The van der Waals surface area contributed by atoms with Crippen LogP contribution in [0.3, 0.4) is 0 Å². The lowest BCUT2D eigenvalue weighted by molar-refractivity contribution is 1.25. The number of aromatic nitrogens is 2. The van der Waals surface area contributed by atoms with Crippen molar-refractivity contribution >= 4 is 10.8 Å². The molecule has 4 aromatic carbocycles. The third-order valence-electron chi connectivity index (χ3n) is 6.65. The molecule has 0 spiro atoms. The molecule has 0 bridgehead atoms. The summed E-state index contributed by atoms with van der Waals surface area (Å²) in [4.78, 5) is 9.37. The zero-order valence-corrected chi connectivity index (χ0v) is 18.4. The Hall–Kier alpha value is -4.56. The Bertz CT molecular complexity index is 1700. The van der Waals surface area contributed by atoms with Crippen LogP contribution in [0.2, 0.25) is 0 Å². The first-order chi connectivity index (χ1) is 16.8. The van der Waals surface area contributed by atoms with Gasteiger partial charge in [0, 0.05) is 11.8 Å². The molecule has 0 amide bonds. The molecule has 2 nitrogen and oxygen atoms in total. The van der Waals surface area contributed by atoms with Gasteiger partial charge in [0.2, 0.25) is 0 Å². The average molecular weight is 433 g/mol. The minimum Gasteiger partial charge on any atom is -0.255 e. The van der Waals surface area contributed by atoms with Gasteiger partial charge in [-0.05, 0) is 86.6 Å². The summed E-state index contributed by atoms with van der Waals surface area (Å²) in [5, 5.41) is 2.63. The molecular weight excluding hydrogens is 412 g/mol. The van der Waals surface area contributed by atoms with Crippen molar-refractivity contribution in [3.63, 3.8) is 0 Å². The second kappa shape index (κ2) is 7.50. The highest BCUT2D eigenvalue weighted by molar-refractivity contribution is 6.16. The van der Waals surface area contributed by atoms with Crippen LogP contribution in [0.4, 0.5) is 0 Å². The molecule has 2 aromatic heterocycles. The van der Waals surface area contributed by atoms with E-state index in [4.69, 9.17) is 4.98 Å². The summed E-state index contributed by atoms with van der Waals surface area (Å²) in [6.45, 7) is 0. The molecule has 0 N–H and O–H groups in total. The first-order valence-electron chi connectivity index (χ1n) is 11.5. The normalized spacial score (nSPS) is 11.5. The summed E-state index contributed by atoms with van der Waals surface area (Å²) in [7, 11) is 0. The van der Waals surface area contributed by atoms with E-state index in [2.05, 4.69) is 89.9 Å². The molecule has 0 aliphatic heterocycles. The van der Waals surface area contributed by atoms with E-state index in [9.17, 15) is 0 Å². The molecular formula is C32H20N2. The molecule has 0 saturated heterocycles. The van der Waals surface area contributed by atoms with Crippen molar-refractivity contribution in [3.8, 4) is 56.0 Å². The molecule has 158 valence electrons. The highest BCUT2D eigenvalue weighted by atomic mass is 14.8. The maximum Gasteiger partial charge on any atom is 0.0893 e. The minimum absolute atomic E-state index is 0.881. The van der Waals surface area contributed by atoms with Crippen LogP contribution in [-0.2, 0) is 0 Å². The van der Waals surface area contributed by atoms with Crippen molar-refractivity contribution in [3.05, 3.63) is 121 Å². The molecule has 6 aromatic rings. The molecule has 0 fully saturated rings. The van der Waals surface area contributed by atoms with Gasteiger partial charge < -0.3 is 0 Å². The van der Waals surface area contributed by atoms with Crippen LogP contribution in [-0.4, -0.2) is 9.97 Å². The number of hydrogen-bond donors (Lipinski definition) is 0. The third kappa shape index (κ3) is 2.96. The quantitative estimate of drug-likeness (QED) is 0.281. The molecule has 0 atom stereocenters. The maximum absolute atomic E-state index is 4.91. The number of rotatable bonds is 3. The van der Waals surface area contributed by atoms with Crippen LogP contribution in [0.5, 0.6) is 0 Å². The average Bonchev–Trinajstić information content (AvgIpc) is 3.24. The van der Waals surface area contributed by atoms with Gasteiger partial charge in [-0.15, -0.1) is 0 Å². The summed E-state index contributed by atoms with van der Waals surface area (Å²) in [6, 6.07) is 40.7. The first-order valence-corrected chi connectivity index (χ1v) is 11.5. The van der Waals surface area contributed by atoms with Crippen molar-refractivity contribution in [2.24, 2.45) is 0 Å². The van der Waals surface area contributed by atoms with E-state index in [-0.39, 0.29) is 0 Å². The molecule has 1 aliphatic carbocycles. The molecule has 2 heterocycles. The van der Waals surface area contributed by atoms with Crippen molar-refractivity contribution in [2.75, 3.05) is 0 Å². The van der Waals surface area contributed by atoms with Crippen molar-refractivity contribution in [1.29, 1.82) is 0 Å². The zero-order chi connectivity index (χ0) is 22.5. The van der Waals surface area contributed by atoms with Crippen LogP contribution in [0.15, 0.2) is 121 Å². The van der Waals surface area contributed by atoms with Gasteiger partial charge in [0.05, 0.1) is 17.1 Å². The standard InChI is InChI=1S/C32H20N2/c1-2-12-26-25(11-1)27-13-6-10-23-19-24(20-28(26)32(23)27)21-8-5-9-22(18-21)29-15-7-16-31(34-29)30-14-3-4-17-33-30/h1-20H. The van der Waals surface area contributed by atoms with Crippen LogP contribution in [0.25, 0.3) is 66.8 Å². The molecule has 0 unspecified atom stereocenters. The van der Waals surface area contributed by atoms with E-state index >= 15 is 0 Å². The van der Waals surface area contributed by atoms with Gasteiger partial charge in [-0.3, -0.25) is 4.98 Å². The van der Waals surface area contributed by atoms with Gasteiger partial charge >= 0.3 is 0 Å². The fraction of sp³-hybridized carbons (Fsp3) is 0. The van der Waals surface area contributed by atoms with E-state index in [0.717, 1.165) is 22.6 Å². The van der Waals surface area contributed by atoms with Gasteiger partial charge in [-0.25, -0.2) is 4.98 Å². The van der Waals surface area contributed by atoms with Gasteiger partial charge in [-0.1, -0.05) is 72.8 Å². The third-order valence-corrected chi connectivity index (χ3v) is 6.65. The molecule has 2 heteroatoms. The van der Waals surface area contributed by atoms with Crippen LogP contribution in [0.1, 0.15) is 0 Å². The Morgan fingerprint density at radius 2 is 1.12 bits per heavy atom. The lowest BCUT2D eigenvalue weighted by Gasteiger charge is -2.10.